The number of hydrogen-bond acceptors (Lipinski definition) is 12. The molecule has 1 saturated heterocycles. The Morgan fingerprint density at radius 2 is 1.66 bits per heavy atom. The quantitative estimate of drug-likeness (QED) is 0.0927. The highest BCUT2D eigenvalue weighted by Gasteiger charge is 2.45. The molecule has 41 heavy (non-hydrogen) atoms. The number of ether oxygens (including phenoxy) is 4. The molecule has 7 atom stereocenters. The number of amides is 2. The summed E-state index contributed by atoms with van der Waals surface area (Å²) in [5.41, 5.74) is -1.05. The number of carbonyl (C=O) groups excluding carboxylic acids is 2. The van der Waals surface area contributed by atoms with Gasteiger partial charge in [-0.25, -0.2) is 4.57 Å². The van der Waals surface area contributed by atoms with Crippen molar-refractivity contribution >= 4 is 19.6 Å². The van der Waals surface area contributed by atoms with Crippen molar-refractivity contribution in [3.05, 3.63) is 0 Å². The summed E-state index contributed by atoms with van der Waals surface area (Å²) in [7, 11) is -4.29. The molecule has 1 heterocycles. The fourth-order valence-electron chi connectivity index (χ4n) is 3.88. The Labute approximate surface area is 241 Å². The van der Waals surface area contributed by atoms with Crippen LogP contribution in [0.3, 0.4) is 0 Å². The van der Waals surface area contributed by atoms with Gasteiger partial charge in [-0.3, -0.25) is 18.6 Å². The summed E-state index contributed by atoms with van der Waals surface area (Å²) in [5, 5.41) is 34.6. The first-order valence-electron chi connectivity index (χ1n) is 13.5. The second-order valence-corrected chi connectivity index (χ2v) is 13.3. The van der Waals surface area contributed by atoms with Crippen LogP contribution in [0.4, 0.5) is 0 Å². The minimum Gasteiger partial charge on any atom is -0.394 e. The molecule has 2 amide bonds. The van der Waals surface area contributed by atoms with E-state index in [0.29, 0.717) is 6.42 Å². The van der Waals surface area contributed by atoms with Crippen LogP contribution >= 0.6 is 7.82 Å². The van der Waals surface area contributed by atoms with E-state index in [1.165, 1.54) is 6.92 Å². The molecule has 1 rings (SSSR count). The highest BCUT2D eigenvalue weighted by molar-refractivity contribution is 7.47. The van der Waals surface area contributed by atoms with Crippen molar-refractivity contribution in [3.8, 4) is 0 Å². The lowest BCUT2D eigenvalue weighted by atomic mass is 9.89. The Morgan fingerprint density at radius 3 is 2.22 bits per heavy atom. The summed E-state index contributed by atoms with van der Waals surface area (Å²) in [6, 6.07) is -1.15. The van der Waals surface area contributed by atoms with Gasteiger partial charge in [0.2, 0.25) is 11.8 Å². The molecule has 0 spiro atoms. The van der Waals surface area contributed by atoms with Crippen LogP contribution in [0, 0.1) is 5.41 Å². The molecule has 1 aliphatic rings. The van der Waals surface area contributed by atoms with Crippen LogP contribution in [0.1, 0.15) is 54.9 Å². The molecule has 6 N–H and O–H groups in total. The average Bonchev–Trinajstić information content (AvgIpc) is 2.80. The zero-order chi connectivity index (χ0) is 31.4. The number of rotatable bonds is 17. The fraction of sp³-hybridized carbons (Fsp3) is 0.920. The predicted octanol–water partition coefficient (Wildman–Crippen LogP) is -0.167. The van der Waals surface area contributed by atoms with Crippen LogP contribution in [-0.2, 0) is 42.1 Å². The van der Waals surface area contributed by atoms with Gasteiger partial charge in [-0.15, -0.1) is 0 Å². The van der Waals surface area contributed by atoms with Crippen molar-refractivity contribution in [2.45, 2.75) is 97.2 Å². The zero-order valence-electron chi connectivity index (χ0n) is 25.0. The first kappa shape index (κ1) is 37.8. The molecule has 0 aromatic carbocycles. The molecule has 242 valence electrons. The van der Waals surface area contributed by atoms with Gasteiger partial charge >= 0.3 is 7.82 Å². The monoisotopic (exact) mass is 616 g/mol. The number of hydrogen-bond donors (Lipinski definition) is 6. The lowest BCUT2D eigenvalue weighted by Gasteiger charge is -2.42. The number of phosphoric acid groups is 1. The maximum atomic E-state index is 12.4. The number of phosphoric ester groups is 1. The van der Waals surface area contributed by atoms with Crippen molar-refractivity contribution in [1.82, 2.24) is 10.6 Å². The van der Waals surface area contributed by atoms with Crippen molar-refractivity contribution in [2.24, 2.45) is 5.41 Å². The third kappa shape index (κ3) is 16.3. The van der Waals surface area contributed by atoms with E-state index in [1.54, 1.807) is 20.8 Å². The minimum atomic E-state index is -4.29. The molecule has 1 fully saturated rings. The third-order valence-electron chi connectivity index (χ3n) is 5.39. The summed E-state index contributed by atoms with van der Waals surface area (Å²) in [6.07, 6.45) is -5.59. The van der Waals surface area contributed by atoms with Gasteiger partial charge in [0.25, 0.3) is 0 Å². The molecule has 1 aliphatic heterocycles. The Bertz CT molecular complexity index is 848. The molecule has 0 aromatic rings. The van der Waals surface area contributed by atoms with Gasteiger partial charge in [0.1, 0.15) is 31.0 Å². The van der Waals surface area contributed by atoms with Crippen LogP contribution in [0.5, 0.6) is 0 Å². The van der Waals surface area contributed by atoms with E-state index in [9.17, 15) is 34.4 Å². The predicted molar refractivity (Wildman–Crippen MR) is 146 cm³/mol. The molecule has 0 saturated carbocycles. The summed E-state index contributed by atoms with van der Waals surface area (Å²) in [4.78, 5) is 33.7. The maximum absolute atomic E-state index is 12.4. The summed E-state index contributed by atoms with van der Waals surface area (Å²) < 4.78 is 44.7. The van der Waals surface area contributed by atoms with Crippen LogP contribution in [0.25, 0.3) is 0 Å². The number of aliphatic hydroxyl groups is 3. The smallest absolute Gasteiger partial charge is 0.394 e. The van der Waals surface area contributed by atoms with Crippen LogP contribution < -0.4 is 10.6 Å². The normalized spacial score (nSPS) is 25.8. The van der Waals surface area contributed by atoms with Gasteiger partial charge in [0, 0.05) is 13.5 Å². The average molecular weight is 617 g/mol. The topological polar surface area (TPSA) is 212 Å². The van der Waals surface area contributed by atoms with E-state index in [4.69, 9.17) is 28.0 Å². The van der Waals surface area contributed by atoms with Gasteiger partial charge in [-0.05, 0) is 32.6 Å². The summed E-state index contributed by atoms with van der Waals surface area (Å²) in [6.45, 7) is 11.8. The molecule has 1 unspecified atom stereocenters. The number of aliphatic hydroxyl groups excluding tert-OH is 3. The minimum absolute atomic E-state index is 0.0539. The van der Waals surface area contributed by atoms with Gasteiger partial charge in [0.05, 0.1) is 44.7 Å². The van der Waals surface area contributed by atoms with Gasteiger partial charge in [0.15, 0.2) is 6.29 Å². The van der Waals surface area contributed by atoms with Crippen LogP contribution in [0.15, 0.2) is 0 Å². The summed E-state index contributed by atoms with van der Waals surface area (Å²) >= 11 is 0. The molecule has 16 heteroatoms. The molecule has 0 aromatic heterocycles. The first-order valence-corrected chi connectivity index (χ1v) is 15.0. The molecular weight excluding hydrogens is 567 g/mol. The van der Waals surface area contributed by atoms with Crippen LogP contribution in [-0.4, -0.2) is 121 Å². The van der Waals surface area contributed by atoms with E-state index < -0.39 is 75.2 Å². The Kier molecular flexibility index (Phi) is 15.8. The van der Waals surface area contributed by atoms with Crippen molar-refractivity contribution in [1.29, 1.82) is 0 Å². The second-order valence-electron chi connectivity index (χ2n) is 11.9. The number of carbonyl (C=O) groups is 2. The molecule has 0 aliphatic carbocycles. The molecular formula is C25H49N2O13P. The second kappa shape index (κ2) is 17.2. The molecule has 0 radical (unpaired) electrons. The standard InChI is InChI=1S/C25H49N2O13P/c1-16(29)27-20-22(32)21(31)18(13-28)38-23(20)37-15-19(30)26-8-9-35-10-11-36-14-17(12-24(2,3)4)39-41(33,34)40-25(5,6)7/h17-18,20-23,28,31-32H,8-15H2,1-7H3,(H,26,30)(H,27,29)(H,33,34)/t17-,18-,20-,21+,22-,23-/m1/s1. The van der Waals surface area contributed by atoms with E-state index in [2.05, 4.69) is 10.6 Å². The highest BCUT2D eigenvalue weighted by Crippen LogP contribution is 2.49. The fourth-order valence-corrected chi connectivity index (χ4v) is 5.13. The molecule has 0 bridgehead atoms. The van der Waals surface area contributed by atoms with E-state index in [0.717, 1.165) is 0 Å². The Hall–Kier alpha value is -1.23. The first-order chi connectivity index (χ1) is 18.8. The lowest BCUT2D eigenvalue weighted by Crippen LogP contribution is -2.64. The number of nitrogens with one attached hydrogen (secondary N) is 2. The summed E-state index contributed by atoms with van der Waals surface area (Å²) in [5.74, 6) is -1.03. The largest absolute Gasteiger partial charge is 0.473 e. The van der Waals surface area contributed by atoms with E-state index >= 15 is 0 Å². The highest BCUT2D eigenvalue weighted by atomic mass is 31.2. The molecule has 15 nitrogen and oxygen atoms in total. The van der Waals surface area contributed by atoms with Crippen molar-refractivity contribution in [2.75, 3.05) is 46.2 Å². The van der Waals surface area contributed by atoms with Gasteiger partial charge in [-0.2, -0.15) is 0 Å². The van der Waals surface area contributed by atoms with Crippen molar-refractivity contribution in [3.63, 3.8) is 0 Å². The maximum Gasteiger partial charge on any atom is 0.473 e. The van der Waals surface area contributed by atoms with Crippen LogP contribution in [0.2, 0.25) is 0 Å². The lowest BCUT2D eigenvalue weighted by molar-refractivity contribution is -0.268. The SMILES string of the molecule is CC(=O)N[C@H]1[C@H](OCC(=O)NCCOCCOC[C@@H](CC(C)(C)C)OP(=O)(O)OC(C)(C)C)O[C@H](CO)[C@H](O)[C@@H]1O. The van der Waals surface area contributed by atoms with Gasteiger partial charge < -0.3 is 49.8 Å². The third-order valence-corrected chi connectivity index (χ3v) is 6.73. The van der Waals surface area contributed by atoms with E-state index in [1.807, 2.05) is 20.8 Å². The Balaban J connectivity index is 2.36. The Morgan fingerprint density at radius 1 is 1.02 bits per heavy atom. The van der Waals surface area contributed by atoms with E-state index in [-0.39, 0.29) is 38.4 Å². The van der Waals surface area contributed by atoms with Gasteiger partial charge in [-0.1, -0.05) is 20.8 Å². The van der Waals surface area contributed by atoms with Crippen molar-refractivity contribution < 1.29 is 62.4 Å². The zero-order valence-corrected chi connectivity index (χ0v) is 25.9.